The van der Waals surface area contributed by atoms with Gasteiger partial charge in [0.15, 0.2) is 0 Å². The molecule has 7 nitrogen and oxygen atoms in total. The predicted octanol–water partition coefficient (Wildman–Crippen LogP) is 3.13. The van der Waals surface area contributed by atoms with Crippen LogP contribution in [-0.2, 0) is 27.3 Å². The van der Waals surface area contributed by atoms with E-state index in [2.05, 4.69) is 17.5 Å². The molecule has 33 heavy (non-hydrogen) atoms. The van der Waals surface area contributed by atoms with Crippen LogP contribution >= 0.6 is 11.8 Å². The van der Waals surface area contributed by atoms with Gasteiger partial charge in [0.1, 0.15) is 0 Å². The molecule has 2 aliphatic heterocycles. The Kier molecular flexibility index (Phi) is 6.80. The molecule has 0 saturated heterocycles. The molecule has 2 heterocycles. The Bertz CT molecular complexity index is 1170. The second kappa shape index (κ2) is 9.92. The quantitative estimate of drug-likeness (QED) is 0.687. The zero-order chi connectivity index (χ0) is 23.4. The van der Waals surface area contributed by atoms with Crippen LogP contribution in [0.1, 0.15) is 39.4 Å². The van der Waals surface area contributed by atoms with E-state index in [1.807, 2.05) is 23.1 Å². The highest BCUT2D eigenvalue weighted by Gasteiger charge is 2.30. The molecule has 0 saturated carbocycles. The van der Waals surface area contributed by atoms with E-state index in [9.17, 15) is 19.6 Å². The average molecular weight is 462 g/mol. The highest BCUT2D eigenvalue weighted by atomic mass is 32.2. The fraction of sp³-hybridized carbons (Fsp3) is 0.280. The van der Waals surface area contributed by atoms with E-state index in [1.54, 1.807) is 24.3 Å². The summed E-state index contributed by atoms with van der Waals surface area (Å²) in [7, 11) is 1.31. The lowest BCUT2D eigenvalue weighted by Crippen LogP contribution is -2.37. The van der Waals surface area contributed by atoms with E-state index in [-0.39, 0.29) is 24.0 Å². The van der Waals surface area contributed by atoms with Gasteiger partial charge in [-0.3, -0.25) is 9.59 Å². The van der Waals surface area contributed by atoms with E-state index in [0.717, 1.165) is 17.5 Å². The Morgan fingerprint density at radius 2 is 1.91 bits per heavy atom. The Labute approximate surface area is 196 Å². The lowest BCUT2D eigenvalue weighted by Gasteiger charge is -2.29. The summed E-state index contributed by atoms with van der Waals surface area (Å²) in [6.07, 6.45) is 0.945. The molecule has 0 fully saturated rings. The second-order valence-electron chi connectivity index (χ2n) is 7.90. The van der Waals surface area contributed by atoms with Crippen molar-refractivity contribution in [1.82, 2.24) is 10.2 Å². The summed E-state index contributed by atoms with van der Waals surface area (Å²) in [6, 6.07) is 17.0. The topological polar surface area (TPSA) is 99.5 Å². The van der Waals surface area contributed by atoms with Crippen molar-refractivity contribution in [1.29, 1.82) is 5.26 Å². The first kappa shape index (κ1) is 22.6. The third kappa shape index (κ3) is 4.94. The molecule has 0 radical (unpaired) electrons. The summed E-state index contributed by atoms with van der Waals surface area (Å²) < 4.78 is 4.72. The number of allylic oxidation sites excluding steroid dienone is 1. The average Bonchev–Trinajstić information content (AvgIpc) is 2.86. The molecule has 2 amide bonds. The van der Waals surface area contributed by atoms with Gasteiger partial charge >= 0.3 is 5.97 Å². The first-order valence-corrected chi connectivity index (χ1v) is 11.6. The largest absolute Gasteiger partial charge is 0.465 e. The number of esters is 1. The maximum Gasteiger partial charge on any atom is 0.337 e. The number of nitriles is 1. The number of benzene rings is 2. The molecular weight excluding hydrogens is 438 g/mol. The van der Waals surface area contributed by atoms with E-state index in [0.29, 0.717) is 29.3 Å². The first-order valence-electron chi connectivity index (χ1n) is 10.6. The van der Waals surface area contributed by atoms with Gasteiger partial charge in [-0.05, 0) is 35.2 Å². The van der Waals surface area contributed by atoms with Crippen LogP contribution in [0.4, 0.5) is 0 Å². The van der Waals surface area contributed by atoms with Crippen molar-refractivity contribution in [3.63, 3.8) is 0 Å². The lowest BCUT2D eigenvalue weighted by atomic mass is 9.87. The fourth-order valence-electron chi connectivity index (χ4n) is 4.12. The summed E-state index contributed by atoms with van der Waals surface area (Å²) in [5.74, 6) is -0.989. The zero-order valence-electron chi connectivity index (χ0n) is 18.2. The highest BCUT2D eigenvalue weighted by molar-refractivity contribution is 8.03. The van der Waals surface area contributed by atoms with Gasteiger partial charge in [-0.2, -0.15) is 5.26 Å². The summed E-state index contributed by atoms with van der Waals surface area (Å²) >= 11 is 1.19. The maximum atomic E-state index is 12.9. The number of thioether (sulfide) groups is 1. The number of fused-ring (bicyclic) bond motifs is 1. The monoisotopic (exact) mass is 461 g/mol. The third-order valence-electron chi connectivity index (χ3n) is 5.91. The van der Waals surface area contributed by atoms with Gasteiger partial charge in [0, 0.05) is 25.4 Å². The first-order chi connectivity index (χ1) is 16.0. The van der Waals surface area contributed by atoms with Gasteiger partial charge in [-0.25, -0.2) is 4.79 Å². The third-order valence-corrected chi connectivity index (χ3v) is 6.92. The van der Waals surface area contributed by atoms with E-state index in [4.69, 9.17) is 4.74 Å². The summed E-state index contributed by atoms with van der Waals surface area (Å²) in [6.45, 7) is 1.23. The van der Waals surface area contributed by atoms with Gasteiger partial charge in [0.25, 0.3) is 0 Å². The van der Waals surface area contributed by atoms with Gasteiger partial charge in [0.2, 0.25) is 11.8 Å². The molecule has 0 bridgehead atoms. The van der Waals surface area contributed by atoms with Gasteiger partial charge in [-0.15, -0.1) is 0 Å². The van der Waals surface area contributed by atoms with Crippen molar-refractivity contribution in [2.24, 2.45) is 0 Å². The molecule has 0 aromatic heterocycles. The number of nitrogens with zero attached hydrogens (tertiary/aromatic N) is 2. The van der Waals surface area contributed by atoms with Gasteiger partial charge in [0.05, 0.1) is 35.1 Å². The fourth-order valence-corrected chi connectivity index (χ4v) is 5.10. The molecule has 4 rings (SSSR count). The standard InChI is InChI=1S/C25H23N3O4S/c1-32-25(31)18-8-6-17(7-9-18)20-12-22(29)27-24(21(20)13-26)33-15-23(30)28-11-10-16-4-2-3-5-19(16)14-28/h2-9,20H,10-12,14-15H2,1H3,(H,27,29)/t20-/m0/s1. The van der Waals surface area contributed by atoms with Crippen molar-refractivity contribution in [2.75, 3.05) is 19.4 Å². The van der Waals surface area contributed by atoms with Crippen molar-refractivity contribution < 1.29 is 19.1 Å². The number of hydrogen-bond acceptors (Lipinski definition) is 6. The van der Waals surface area contributed by atoms with Crippen LogP contribution in [0.2, 0.25) is 0 Å². The van der Waals surface area contributed by atoms with E-state index >= 15 is 0 Å². The molecule has 0 spiro atoms. The van der Waals surface area contributed by atoms with Crippen LogP contribution in [0.25, 0.3) is 0 Å². The number of amides is 2. The molecule has 0 aliphatic carbocycles. The van der Waals surface area contributed by atoms with Crippen molar-refractivity contribution in [3.8, 4) is 6.07 Å². The molecule has 2 aromatic rings. The smallest absolute Gasteiger partial charge is 0.337 e. The Morgan fingerprint density at radius 1 is 1.18 bits per heavy atom. The van der Waals surface area contributed by atoms with Crippen LogP contribution in [0, 0.1) is 11.3 Å². The van der Waals surface area contributed by atoms with Gasteiger partial charge in [-0.1, -0.05) is 48.2 Å². The number of ether oxygens (including phenoxy) is 1. The zero-order valence-corrected chi connectivity index (χ0v) is 19.0. The number of carbonyl (C=O) groups is 3. The maximum absolute atomic E-state index is 12.9. The molecule has 8 heteroatoms. The minimum Gasteiger partial charge on any atom is -0.465 e. The normalized spacial score (nSPS) is 17.6. The highest BCUT2D eigenvalue weighted by Crippen LogP contribution is 2.36. The lowest BCUT2D eigenvalue weighted by molar-refractivity contribution is -0.129. The predicted molar refractivity (Wildman–Crippen MR) is 124 cm³/mol. The van der Waals surface area contributed by atoms with Crippen LogP contribution in [0.5, 0.6) is 0 Å². The van der Waals surface area contributed by atoms with Crippen molar-refractivity contribution in [2.45, 2.75) is 25.3 Å². The van der Waals surface area contributed by atoms with E-state index < -0.39 is 11.9 Å². The Hall–Kier alpha value is -3.57. The van der Waals surface area contributed by atoms with Gasteiger partial charge < -0.3 is 15.0 Å². The number of hydrogen-bond donors (Lipinski definition) is 1. The summed E-state index contributed by atoms with van der Waals surface area (Å²) in [4.78, 5) is 38.7. The molecule has 2 aliphatic rings. The van der Waals surface area contributed by atoms with Crippen LogP contribution < -0.4 is 5.32 Å². The van der Waals surface area contributed by atoms with Crippen molar-refractivity contribution >= 4 is 29.5 Å². The van der Waals surface area contributed by atoms with Crippen LogP contribution in [0.15, 0.2) is 59.1 Å². The number of nitrogens with one attached hydrogen (secondary N) is 1. The van der Waals surface area contributed by atoms with E-state index in [1.165, 1.54) is 24.4 Å². The minimum atomic E-state index is -0.450. The molecule has 1 N–H and O–H groups in total. The molecule has 1 atom stereocenters. The SMILES string of the molecule is COC(=O)c1ccc([C@@H]2CC(=O)NC(SCC(=O)N3CCc4ccccc4C3)=C2C#N)cc1. The Balaban J connectivity index is 1.48. The summed E-state index contributed by atoms with van der Waals surface area (Å²) in [5, 5.41) is 13.0. The van der Waals surface area contributed by atoms with Crippen LogP contribution in [0.3, 0.4) is 0 Å². The second-order valence-corrected chi connectivity index (χ2v) is 8.88. The van der Waals surface area contributed by atoms with Crippen molar-refractivity contribution in [3.05, 3.63) is 81.4 Å². The molecule has 168 valence electrons. The summed E-state index contributed by atoms with van der Waals surface area (Å²) in [5.41, 5.74) is 3.99. The number of methoxy groups -OCH3 is 1. The number of carbonyl (C=O) groups excluding carboxylic acids is 3. The molecule has 0 unspecified atom stereocenters. The Morgan fingerprint density at radius 3 is 2.61 bits per heavy atom. The molecular formula is C25H23N3O4S. The number of rotatable bonds is 5. The minimum absolute atomic E-state index is 0.0295. The molecule has 2 aromatic carbocycles. The van der Waals surface area contributed by atoms with Crippen LogP contribution in [-0.4, -0.2) is 42.1 Å².